The van der Waals surface area contributed by atoms with Crippen LogP contribution in [-0.4, -0.2) is 37.5 Å². The van der Waals surface area contributed by atoms with Crippen molar-refractivity contribution >= 4 is 15.7 Å². The average Bonchev–Trinajstić information content (AvgIpc) is 2.31. The molecule has 1 rings (SSSR count). The Morgan fingerprint density at radius 3 is 2.44 bits per heavy atom. The standard InChI is InChI=1S/C10H14F2N2O3S/c1-6(5-15)14(2)18(16,17)10-4-9(13)7(11)3-8(10)12/h3-4,6,15H,5,13H2,1-2H3. The molecule has 102 valence electrons. The number of hydrogen-bond donors (Lipinski definition) is 2. The number of benzene rings is 1. The van der Waals surface area contributed by atoms with Crippen molar-refractivity contribution in [3.8, 4) is 0 Å². The lowest BCUT2D eigenvalue weighted by molar-refractivity contribution is 0.213. The maximum atomic E-state index is 13.5. The molecule has 0 amide bonds. The zero-order valence-electron chi connectivity index (χ0n) is 9.89. The van der Waals surface area contributed by atoms with Crippen LogP contribution in [0.5, 0.6) is 0 Å². The largest absolute Gasteiger partial charge is 0.396 e. The van der Waals surface area contributed by atoms with E-state index in [9.17, 15) is 17.2 Å². The number of aliphatic hydroxyl groups excluding tert-OH is 1. The summed E-state index contributed by atoms with van der Waals surface area (Å²) < 4.78 is 51.3. The average molecular weight is 280 g/mol. The van der Waals surface area contributed by atoms with E-state index in [2.05, 4.69) is 0 Å². The molecule has 0 aliphatic heterocycles. The Bertz CT molecular complexity index is 548. The van der Waals surface area contributed by atoms with Crippen molar-refractivity contribution in [1.29, 1.82) is 0 Å². The minimum Gasteiger partial charge on any atom is -0.396 e. The molecule has 5 nitrogen and oxygen atoms in total. The van der Waals surface area contributed by atoms with Crippen LogP contribution < -0.4 is 5.73 Å². The second-order valence-corrected chi connectivity index (χ2v) is 5.82. The number of hydrogen-bond acceptors (Lipinski definition) is 4. The summed E-state index contributed by atoms with van der Waals surface area (Å²) in [4.78, 5) is -0.718. The molecule has 1 atom stereocenters. The lowest BCUT2D eigenvalue weighted by Crippen LogP contribution is -2.37. The zero-order valence-corrected chi connectivity index (χ0v) is 10.7. The maximum absolute atomic E-state index is 13.5. The van der Waals surface area contributed by atoms with Crippen LogP contribution in [0.15, 0.2) is 17.0 Å². The van der Waals surface area contributed by atoms with Crippen LogP contribution in [0.3, 0.4) is 0 Å². The minimum atomic E-state index is -4.17. The fraction of sp³-hybridized carbons (Fsp3) is 0.400. The number of sulfonamides is 1. The number of likely N-dealkylation sites (N-methyl/N-ethyl adjacent to an activating group) is 1. The Hall–Kier alpha value is -1.25. The third kappa shape index (κ3) is 2.60. The molecular weight excluding hydrogens is 266 g/mol. The summed E-state index contributed by atoms with van der Waals surface area (Å²) >= 11 is 0. The van der Waals surface area contributed by atoms with Gasteiger partial charge in [-0.15, -0.1) is 0 Å². The highest BCUT2D eigenvalue weighted by Crippen LogP contribution is 2.24. The zero-order chi connectivity index (χ0) is 14.1. The molecule has 0 heterocycles. The molecular formula is C10H14F2N2O3S. The van der Waals surface area contributed by atoms with E-state index < -0.39 is 44.9 Å². The van der Waals surface area contributed by atoms with Gasteiger partial charge in [-0.25, -0.2) is 17.2 Å². The molecule has 0 radical (unpaired) electrons. The highest BCUT2D eigenvalue weighted by Gasteiger charge is 2.28. The summed E-state index contributed by atoms with van der Waals surface area (Å²) in [5, 5.41) is 8.90. The smallest absolute Gasteiger partial charge is 0.246 e. The Morgan fingerprint density at radius 1 is 1.39 bits per heavy atom. The first-order chi connectivity index (χ1) is 8.21. The maximum Gasteiger partial charge on any atom is 0.246 e. The van der Waals surface area contributed by atoms with E-state index in [4.69, 9.17) is 10.8 Å². The number of aliphatic hydroxyl groups is 1. The van der Waals surface area contributed by atoms with Crippen molar-refractivity contribution < 1.29 is 22.3 Å². The SMILES string of the molecule is CC(CO)N(C)S(=O)(=O)c1cc(N)c(F)cc1F. The van der Waals surface area contributed by atoms with E-state index in [0.29, 0.717) is 6.07 Å². The van der Waals surface area contributed by atoms with E-state index in [-0.39, 0.29) is 0 Å². The fourth-order valence-corrected chi connectivity index (χ4v) is 2.68. The number of halogens is 2. The van der Waals surface area contributed by atoms with Gasteiger partial charge in [-0.2, -0.15) is 4.31 Å². The number of nitrogens with two attached hydrogens (primary N) is 1. The minimum absolute atomic E-state index is 0.416. The normalized spacial score (nSPS) is 13.9. The summed E-state index contributed by atoms with van der Waals surface area (Å²) in [6, 6.07) is 0.404. The molecule has 0 bridgehead atoms. The van der Waals surface area contributed by atoms with Crippen LogP contribution in [-0.2, 0) is 10.0 Å². The number of rotatable bonds is 4. The van der Waals surface area contributed by atoms with E-state index in [0.717, 1.165) is 10.4 Å². The summed E-state index contributed by atoms with van der Waals surface area (Å²) in [6.45, 7) is 1.02. The van der Waals surface area contributed by atoms with Gasteiger partial charge in [0.05, 0.1) is 12.3 Å². The van der Waals surface area contributed by atoms with Crippen LogP contribution >= 0.6 is 0 Å². The van der Waals surface area contributed by atoms with Gasteiger partial charge in [-0.1, -0.05) is 0 Å². The van der Waals surface area contributed by atoms with Gasteiger partial charge in [-0.3, -0.25) is 0 Å². The van der Waals surface area contributed by atoms with Gasteiger partial charge >= 0.3 is 0 Å². The Labute approximate surface area is 104 Å². The summed E-state index contributed by atoms with van der Waals surface area (Å²) in [5.74, 6) is -2.25. The highest BCUT2D eigenvalue weighted by atomic mass is 32.2. The van der Waals surface area contributed by atoms with Gasteiger partial charge in [0.1, 0.15) is 16.5 Å². The number of nitrogens with zero attached hydrogens (tertiary/aromatic N) is 1. The molecule has 1 unspecified atom stereocenters. The van der Waals surface area contributed by atoms with Gasteiger partial charge in [-0.05, 0) is 13.0 Å². The number of anilines is 1. The summed E-state index contributed by atoms with van der Waals surface area (Å²) in [5.41, 5.74) is 4.76. The Morgan fingerprint density at radius 2 is 1.94 bits per heavy atom. The molecule has 0 saturated carbocycles. The first kappa shape index (κ1) is 14.8. The lowest BCUT2D eigenvalue weighted by Gasteiger charge is -2.22. The van der Waals surface area contributed by atoms with E-state index in [1.165, 1.54) is 14.0 Å². The molecule has 0 spiro atoms. The highest BCUT2D eigenvalue weighted by molar-refractivity contribution is 7.89. The molecule has 0 aliphatic rings. The molecule has 3 N–H and O–H groups in total. The molecule has 1 aromatic carbocycles. The quantitative estimate of drug-likeness (QED) is 0.789. The molecule has 0 saturated heterocycles. The molecule has 0 aliphatic carbocycles. The van der Waals surface area contributed by atoms with Crippen LogP contribution in [0, 0.1) is 11.6 Å². The Kier molecular flexibility index (Phi) is 4.25. The number of nitrogen functional groups attached to an aromatic ring is 1. The van der Waals surface area contributed by atoms with Gasteiger partial charge in [0.2, 0.25) is 10.0 Å². The topological polar surface area (TPSA) is 83.6 Å². The second-order valence-electron chi connectivity index (χ2n) is 3.86. The molecule has 8 heteroatoms. The van der Waals surface area contributed by atoms with Crippen LogP contribution in [0.4, 0.5) is 14.5 Å². The van der Waals surface area contributed by atoms with Gasteiger partial charge in [0, 0.05) is 19.2 Å². The van der Waals surface area contributed by atoms with Crippen molar-refractivity contribution in [2.24, 2.45) is 0 Å². The third-order valence-electron chi connectivity index (χ3n) is 2.59. The van der Waals surface area contributed by atoms with Crippen molar-refractivity contribution in [3.63, 3.8) is 0 Å². The van der Waals surface area contributed by atoms with Crippen LogP contribution in [0.25, 0.3) is 0 Å². The third-order valence-corrected chi connectivity index (χ3v) is 4.58. The predicted molar refractivity (Wildman–Crippen MR) is 62.3 cm³/mol. The van der Waals surface area contributed by atoms with Crippen molar-refractivity contribution in [3.05, 3.63) is 23.8 Å². The predicted octanol–water partition coefficient (Wildman–Crippen LogP) is 0.548. The van der Waals surface area contributed by atoms with Gasteiger partial charge in [0.15, 0.2) is 0 Å². The molecule has 0 aromatic heterocycles. The van der Waals surface area contributed by atoms with Crippen LogP contribution in [0.1, 0.15) is 6.92 Å². The van der Waals surface area contributed by atoms with Crippen molar-refractivity contribution in [1.82, 2.24) is 4.31 Å². The molecule has 0 fully saturated rings. The molecule has 1 aromatic rings. The van der Waals surface area contributed by atoms with E-state index >= 15 is 0 Å². The van der Waals surface area contributed by atoms with Gasteiger partial charge in [0.25, 0.3) is 0 Å². The second kappa shape index (κ2) is 5.17. The molecule has 18 heavy (non-hydrogen) atoms. The van der Waals surface area contributed by atoms with E-state index in [1.807, 2.05) is 0 Å². The van der Waals surface area contributed by atoms with Crippen LogP contribution in [0.2, 0.25) is 0 Å². The Balaban J connectivity index is 3.33. The first-order valence-corrected chi connectivity index (χ1v) is 6.49. The summed E-state index contributed by atoms with van der Waals surface area (Å²) in [7, 11) is -2.98. The van der Waals surface area contributed by atoms with E-state index in [1.54, 1.807) is 0 Å². The summed E-state index contributed by atoms with van der Waals surface area (Å²) in [6.07, 6.45) is 0. The monoisotopic (exact) mass is 280 g/mol. The van der Waals surface area contributed by atoms with Gasteiger partial charge < -0.3 is 10.8 Å². The fourth-order valence-electron chi connectivity index (χ4n) is 1.25. The first-order valence-electron chi connectivity index (χ1n) is 5.05. The lowest BCUT2D eigenvalue weighted by atomic mass is 10.3. The van der Waals surface area contributed by atoms with Crippen molar-refractivity contribution in [2.45, 2.75) is 17.9 Å². The van der Waals surface area contributed by atoms with Crippen molar-refractivity contribution in [2.75, 3.05) is 19.4 Å².